The lowest BCUT2D eigenvalue weighted by Gasteiger charge is -2.08. The minimum absolute atomic E-state index is 0.874. The van der Waals surface area contributed by atoms with Crippen LogP contribution in [0.1, 0.15) is 47.0 Å². The van der Waals surface area contributed by atoms with Gasteiger partial charge in [-0.15, -0.1) is 0 Å². The molecule has 0 aromatic heterocycles. The quantitative estimate of drug-likeness (QED) is 0.572. The monoisotopic (exact) mass is 169 g/mol. The molecule has 1 aliphatic rings. The predicted octanol–water partition coefficient (Wildman–Crippen LogP) is 2.91. The molecule has 0 spiro atoms. The van der Waals surface area contributed by atoms with Gasteiger partial charge in [0, 0.05) is 12.1 Å². The van der Waals surface area contributed by atoms with Crippen LogP contribution in [0.5, 0.6) is 0 Å². The topological polar surface area (TPSA) is 3.01 Å². The van der Waals surface area contributed by atoms with Crippen LogP contribution in [0.25, 0.3) is 0 Å². The van der Waals surface area contributed by atoms with E-state index in [1.807, 2.05) is 0 Å². The van der Waals surface area contributed by atoms with Crippen molar-refractivity contribution in [2.24, 2.45) is 5.92 Å². The van der Waals surface area contributed by atoms with Gasteiger partial charge >= 0.3 is 0 Å². The van der Waals surface area contributed by atoms with Gasteiger partial charge < -0.3 is 0 Å². The summed E-state index contributed by atoms with van der Waals surface area (Å²) >= 11 is 0. The van der Waals surface area contributed by atoms with Crippen LogP contribution in [-0.4, -0.2) is 23.5 Å². The van der Waals surface area contributed by atoms with E-state index in [9.17, 15) is 0 Å². The summed E-state index contributed by atoms with van der Waals surface area (Å²) in [5.74, 6) is 0.912. The van der Waals surface area contributed by atoms with Crippen LogP contribution in [0, 0.1) is 5.92 Å². The first-order valence-corrected chi connectivity index (χ1v) is 5.46. The number of rotatable bonds is 5. The molecule has 1 aliphatic heterocycles. The second-order valence-electron chi connectivity index (χ2n) is 4.26. The van der Waals surface area contributed by atoms with E-state index in [4.69, 9.17) is 0 Å². The summed E-state index contributed by atoms with van der Waals surface area (Å²) in [6.07, 6.45) is 4.05. The number of hydrogen-bond donors (Lipinski definition) is 0. The zero-order chi connectivity index (χ0) is 9.14. The zero-order valence-electron chi connectivity index (χ0n) is 9.01. The van der Waals surface area contributed by atoms with Gasteiger partial charge in [-0.25, -0.2) is 0 Å². The second-order valence-corrected chi connectivity index (χ2v) is 4.26. The van der Waals surface area contributed by atoms with Crippen LogP contribution < -0.4 is 0 Å². The zero-order valence-corrected chi connectivity index (χ0v) is 9.01. The molecule has 4 unspecified atom stereocenters. The Labute approximate surface area is 77.1 Å². The van der Waals surface area contributed by atoms with E-state index < -0.39 is 0 Å². The van der Waals surface area contributed by atoms with E-state index >= 15 is 0 Å². The molecule has 0 aromatic carbocycles. The molecule has 0 radical (unpaired) electrons. The lowest BCUT2D eigenvalue weighted by atomic mass is 10.1. The van der Waals surface area contributed by atoms with E-state index in [0.717, 1.165) is 18.0 Å². The van der Waals surface area contributed by atoms with E-state index in [1.54, 1.807) is 0 Å². The Hall–Kier alpha value is -0.0400. The first-order chi connectivity index (χ1) is 5.70. The standard InChI is InChI=1S/C11H23N/c1-5-9(3)7-8-12-10(4)11(12)6-2/h9-11H,5-8H2,1-4H3. The summed E-state index contributed by atoms with van der Waals surface area (Å²) in [4.78, 5) is 2.63. The Morgan fingerprint density at radius 3 is 2.42 bits per heavy atom. The lowest BCUT2D eigenvalue weighted by molar-refractivity contribution is 0.402. The van der Waals surface area contributed by atoms with E-state index in [2.05, 4.69) is 32.6 Å². The van der Waals surface area contributed by atoms with Gasteiger partial charge in [-0.05, 0) is 32.2 Å². The van der Waals surface area contributed by atoms with Crippen molar-refractivity contribution in [2.75, 3.05) is 6.54 Å². The van der Waals surface area contributed by atoms with Gasteiger partial charge in [-0.3, -0.25) is 4.90 Å². The molecule has 12 heavy (non-hydrogen) atoms. The molecule has 1 heterocycles. The van der Waals surface area contributed by atoms with Gasteiger partial charge in [0.1, 0.15) is 0 Å². The Kier molecular flexibility index (Phi) is 3.57. The summed E-state index contributed by atoms with van der Waals surface area (Å²) in [6, 6.07) is 1.79. The smallest absolute Gasteiger partial charge is 0.0249 e. The van der Waals surface area contributed by atoms with Gasteiger partial charge in [-0.2, -0.15) is 0 Å². The molecule has 4 atom stereocenters. The normalized spacial score (nSPS) is 36.5. The summed E-state index contributed by atoms with van der Waals surface area (Å²) in [5.41, 5.74) is 0. The predicted molar refractivity (Wildman–Crippen MR) is 54.3 cm³/mol. The highest BCUT2D eigenvalue weighted by Crippen LogP contribution is 2.30. The fourth-order valence-electron chi connectivity index (χ4n) is 2.00. The molecule has 1 fully saturated rings. The molecule has 72 valence electrons. The third kappa shape index (κ3) is 2.22. The highest BCUT2D eigenvalue weighted by atomic mass is 15.3. The fraction of sp³-hybridized carbons (Fsp3) is 1.00. The fourth-order valence-corrected chi connectivity index (χ4v) is 2.00. The number of hydrogen-bond acceptors (Lipinski definition) is 1. The molecule has 0 bridgehead atoms. The van der Waals surface area contributed by atoms with Crippen molar-refractivity contribution < 1.29 is 0 Å². The van der Waals surface area contributed by atoms with Gasteiger partial charge in [0.15, 0.2) is 0 Å². The van der Waals surface area contributed by atoms with Crippen LogP contribution in [0.15, 0.2) is 0 Å². The summed E-state index contributed by atoms with van der Waals surface area (Å²) < 4.78 is 0. The Balaban J connectivity index is 2.10. The Bertz CT molecular complexity index is 133. The summed E-state index contributed by atoms with van der Waals surface area (Å²) in [7, 11) is 0. The van der Waals surface area contributed by atoms with Crippen molar-refractivity contribution >= 4 is 0 Å². The number of nitrogens with zero attached hydrogens (tertiary/aromatic N) is 1. The third-order valence-electron chi connectivity index (χ3n) is 3.41. The summed E-state index contributed by atoms with van der Waals surface area (Å²) in [6.45, 7) is 10.6. The highest BCUT2D eigenvalue weighted by molar-refractivity contribution is 4.97. The second kappa shape index (κ2) is 4.27. The van der Waals surface area contributed by atoms with Crippen LogP contribution in [0.2, 0.25) is 0 Å². The van der Waals surface area contributed by atoms with Gasteiger partial charge in [0.25, 0.3) is 0 Å². The van der Waals surface area contributed by atoms with Gasteiger partial charge in [0.2, 0.25) is 0 Å². The third-order valence-corrected chi connectivity index (χ3v) is 3.41. The lowest BCUT2D eigenvalue weighted by Crippen LogP contribution is -2.08. The molecule has 0 aliphatic carbocycles. The van der Waals surface area contributed by atoms with Crippen molar-refractivity contribution in [3.63, 3.8) is 0 Å². The first-order valence-electron chi connectivity index (χ1n) is 5.46. The van der Waals surface area contributed by atoms with Crippen molar-refractivity contribution in [1.82, 2.24) is 4.90 Å². The molecular formula is C11H23N. The first kappa shape index (κ1) is 10.0. The van der Waals surface area contributed by atoms with E-state index in [-0.39, 0.29) is 0 Å². The van der Waals surface area contributed by atoms with Crippen LogP contribution in [-0.2, 0) is 0 Å². The average Bonchev–Trinajstić information content (AvgIpc) is 2.71. The SMILES string of the molecule is CCC(C)CCN1C(C)C1CC. The molecular weight excluding hydrogens is 146 g/mol. The summed E-state index contributed by atoms with van der Waals surface area (Å²) in [5, 5.41) is 0. The van der Waals surface area contributed by atoms with Gasteiger partial charge in [-0.1, -0.05) is 27.2 Å². The largest absolute Gasteiger partial charge is 0.295 e. The van der Waals surface area contributed by atoms with Crippen molar-refractivity contribution in [3.8, 4) is 0 Å². The van der Waals surface area contributed by atoms with Crippen LogP contribution in [0.4, 0.5) is 0 Å². The maximum Gasteiger partial charge on any atom is 0.0249 e. The van der Waals surface area contributed by atoms with Gasteiger partial charge in [0.05, 0.1) is 0 Å². The average molecular weight is 169 g/mol. The maximum atomic E-state index is 2.63. The van der Waals surface area contributed by atoms with Crippen LogP contribution in [0.3, 0.4) is 0 Å². The van der Waals surface area contributed by atoms with E-state index in [1.165, 1.54) is 25.8 Å². The Morgan fingerprint density at radius 2 is 2.00 bits per heavy atom. The Morgan fingerprint density at radius 1 is 1.33 bits per heavy atom. The molecule has 1 heteroatoms. The molecule has 0 aromatic rings. The molecule has 1 nitrogen and oxygen atoms in total. The molecule has 0 saturated carbocycles. The minimum Gasteiger partial charge on any atom is -0.295 e. The minimum atomic E-state index is 0.874. The van der Waals surface area contributed by atoms with E-state index in [0.29, 0.717) is 0 Å². The molecule has 0 amide bonds. The molecule has 1 rings (SSSR count). The molecule has 0 N–H and O–H groups in total. The van der Waals surface area contributed by atoms with Crippen molar-refractivity contribution in [3.05, 3.63) is 0 Å². The van der Waals surface area contributed by atoms with Crippen molar-refractivity contribution in [2.45, 2.75) is 59.0 Å². The van der Waals surface area contributed by atoms with Crippen LogP contribution >= 0.6 is 0 Å². The molecule has 1 saturated heterocycles. The maximum absolute atomic E-state index is 2.63. The highest BCUT2D eigenvalue weighted by Gasteiger charge is 2.41. The van der Waals surface area contributed by atoms with Crippen molar-refractivity contribution in [1.29, 1.82) is 0 Å².